The Kier molecular flexibility index (Phi) is 8.40. The van der Waals surface area contributed by atoms with E-state index in [1.165, 1.54) is 33.1 Å². The van der Waals surface area contributed by atoms with Gasteiger partial charge < -0.3 is 25.3 Å². The van der Waals surface area contributed by atoms with Gasteiger partial charge in [0.15, 0.2) is 11.5 Å². The summed E-state index contributed by atoms with van der Waals surface area (Å²) in [6.07, 6.45) is 0.167. The Morgan fingerprint density at radius 1 is 0.974 bits per heavy atom. The number of ether oxygens (including phenoxy) is 3. The Morgan fingerprint density at radius 2 is 1.64 bits per heavy atom. The average molecular weight is 540 g/mol. The van der Waals surface area contributed by atoms with Gasteiger partial charge in [0.2, 0.25) is 11.7 Å². The molecule has 0 aliphatic rings. The quantitative estimate of drug-likeness (QED) is 0.268. The molecule has 3 aromatic carbocycles. The van der Waals surface area contributed by atoms with Crippen molar-refractivity contribution in [2.24, 2.45) is 0 Å². The number of nitrogens with two attached hydrogens (primary N) is 1. The molecule has 9 nitrogen and oxygen atoms in total. The third-order valence-electron chi connectivity index (χ3n) is 6.00. The molecule has 10 heteroatoms. The lowest BCUT2D eigenvalue weighted by Gasteiger charge is -2.17. The number of nitrogen functional groups attached to an aromatic ring is 1. The topological polar surface area (TPSA) is 143 Å². The summed E-state index contributed by atoms with van der Waals surface area (Å²) in [4.78, 5) is 17.1. The third-order valence-corrected chi connectivity index (χ3v) is 6.98. The summed E-state index contributed by atoms with van der Waals surface area (Å²) in [6, 6.07) is 21.0. The second-order valence-corrected chi connectivity index (χ2v) is 9.32. The minimum Gasteiger partial charge on any atom is -0.493 e. The molecule has 0 spiro atoms. The first-order valence-corrected chi connectivity index (χ1v) is 12.8. The lowest BCUT2D eigenvalue weighted by atomic mass is 9.96. The molecule has 0 unspecified atom stereocenters. The van der Waals surface area contributed by atoms with Crippen LogP contribution in [0.2, 0.25) is 0 Å². The lowest BCUT2D eigenvalue weighted by molar-refractivity contribution is -0.115. The third kappa shape index (κ3) is 5.52. The van der Waals surface area contributed by atoms with Gasteiger partial charge in [-0.1, -0.05) is 36.4 Å². The number of carbonyl (C=O) groups is 1. The molecule has 4 aromatic rings. The number of hydrogen-bond donors (Lipinski definition) is 2. The van der Waals surface area contributed by atoms with Crippen LogP contribution in [0, 0.1) is 22.7 Å². The number of methoxy groups -OCH3 is 3. The van der Waals surface area contributed by atoms with Crippen LogP contribution in [0.15, 0.2) is 59.6 Å². The molecule has 3 N–H and O–H groups in total. The van der Waals surface area contributed by atoms with Gasteiger partial charge in [-0.25, -0.2) is 4.98 Å². The van der Waals surface area contributed by atoms with Crippen molar-refractivity contribution < 1.29 is 19.0 Å². The number of thioether (sulfide) groups is 1. The van der Waals surface area contributed by atoms with Crippen molar-refractivity contribution in [2.75, 3.05) is 38.1 Å². The number of pyridine rings is 1. The van der Waals surface area contributed by atoms with Crippen LogP contribution in [0.1, 0.15) is 17.5 Å². The number of nitrogens with one attached hydrogen (secondary N) is 1. The van der Waals surface area contributed by atoms with Gasteiger partial charge in [-0.2, -0.15) is 10.5 Å². The molecular weight excluding hydrogens is 514 g/mol. The Morgan fingerprint density at radius 3 is 2.28 bits per heavy atom. The molecule has 39 heavy (non-hydrogen) atoms. The van der Waals surface area contributed by atoms with Gasteiger partial charge >= 0.3 is 0 Å². The molecule has 196 valence electrons. The van der Waals surface area contributed by atoms with E-state index in [2.05, 4.69) is 22.4 Å². The van der Waals surface area contributed by atoms with Gasteiger partial charge in [-0.3, -0.25) is 4.79 Å². The summed E-state index contributed by atoms with van der Waals surface area (Å²) in [6.45, 7) is 0. The van der Waals surface area contributed by atoms with Crippen LogP contribution in [-0.2, 0) is 4.79 Å². The molecule has 0 aliphatic heterocycles. The zero-order valence-corrected chi connectivity index (χ0v) is 22.4. The van der Waals surface area contributed by atoms with Crippen LogP contribution in [0.3, 0.4) is 0 Å². The Bertz CT molecular complexity index is 1610. The second-order valence-electron chi connectivity index (χ2n) is 8.24. The summed E-state index contributed by atoms with van der Waals surface area (Å²) in [7, 11) is 4.43. The van der Waals surface area contributed by atoms with Crippen LogP contribution < -0.4 is 25.3 Å². The fourth-order valence-corrected chi connectivity index (χ4v) is 5.14. The predicted octanol–water partition coefficient (Wildman–Crippen LogP) is 5.37. The normalized spacial score (nSPS) is 10.4. The van der Waals surface area contributed by atoms with Crippen molar-refractivity contribution in [3.63, 3.8) is 0 Å². The van der Waals surface area contributed by atoms with E-state index in [4.69, 9.17) is 19.9 Å². The molecule has 0 aliphatic carbocycles. The number of anilines is 2. The van der Waals surface area contributed by atoms with Crippen LogP contribution in [0.4, 0.5) is 11.5 Å². The Hall–Kier alpha value is -4.93. The molecular formula is C29H25N5O4S. The van der Waals surface area contributed by atoms with E-state index in [0.717, 1.165) is 16.5 Å². The summed E-state index contributed by atoms with van der Waals surface area (Å²) in [5.41, 5.74) is 7.87. The van der Waals surface area contributed by atoms with Crippen molar-refractivity contribution in [1.29, 1.82) is 10.5 Å². The maximum absolute atomic E-state index is 12.7. The van der Waals surface area contributed by atoms with Crippen LogP contribution in [0.5, 0.6) is 17.2 Å². The number of rotatable bonds is 9. The molecule has 0 fully saturated rings. The van der Waals surface area contributed by atoms with E-state index in [-0.39, 0.29) is 29.3 Å². The van der Waals surface area contributed by atoms with Crippen molar-refractivity contribution in [1.82, 2.24) is 4.98 Å². The van der Waals surface area contributed by atoms with Gasteiger partial charge in [-0.15, -0.1) is 11.8 Å². The van der Waals surface area contributed by atoms with Crippen molar-refractivity contribution in [3.05, 3.63) is 65.7 Å². The molecule has 1 aromatic heterocycles. The second kappa shape index (κ2) is 12.1. The van der Waals surface area contributed by atoms with Gasteiger partial charge in [0.05, 0.1) is 26.9 Å². The molecule has 0 radical (unpaired) electrons. The maximum Gasteiger partial charge on any atom is 0.225 e. The average Bonchev–Trinajstić information content (AvgIpc) is 2.96. The summed E-state index contributed by atoms with van der Waals surface area (Å²) in [5.74, 6) is 1.21. The lowest BCUT2D eigenvalue weighted by Crippen LogP contribution is -2.12. The van der Waals surface area contributed by atoms with E-state index in [1.807, 2.05) is 42.5 Å². The molecule has 1 amide bonds. The maximum atomic E-state index is 12.7. The summed E-state index contributed by atoms with van der Waals surface area (Å²) in [5, 5.41) is 25.2. The predicted molar refractivity (Wildman–Crippen MR) is 151 cm³/mol. The molecule has 0 atom stereocenters. The zero-order valence-electron chi connectivity index (χ0n) is 21.6. The molecule has 0 bridgehead atoms. The van der Waals surface area contributed by atoms with Gasteiger partial charge in [0, 0.05) is 28.8 Å². The zero-order chi connectivity index (χ0) is 27.9. The highest BCUT2D eigenvalue weighted by Crippen LogP contribution is 2.44. The Balaban J connectivity index is 1.63. The minimum absolute atomic E-state index is 0.0250. The minimum atomic E-state index is -0.177. The number of fused-ring (bicyclic) bond motifs is 1. The first-order chi connectivity index (χ1) is 18.9. The van der Waals surface area contributed by atoms with Crippen molar-refractivity contribution >= 4 is 39.9 Å². The number of nitriles is 2. The summed E-state index contributed by atoms with van der Waals surface area (Å²) < 4.78 is 16.3. The first kappa shape index (κ1) is 27.1. The van der Waals surface area contributed by atoms with Crippen LogP contribution in [0.25, 0.3) is 21.9 Å². The smallest absolute Gasteiger partial charge is 0.225 e. The van der Waals surface area contributed by atoms with E-state index in [0.29, 0.717) is 39.2 Å². The van der Waals surface area contributed by atoms with Crippen molar-refractivity contribution in [3.8, 4) is 40.5 Å². The highest BCUT2D eigenvalue weighted by atomic mass is 32.2. The van der Waals surface area contributed by atoms with E-state index >= 15 is 0 Å². The SMILES string of the molecule is COc1cc(-c2c(C#N)c(N)nc(SCCC(=O)Nc3cccc4ccccc34)c2C#N)cc(OC)c1OC. The Labute approximate surface area is 230 Å². The van der Waals surface area contributed by atoms with Gasteiger partial charge in [-0.05, 0) is 29.1 Å². The number of amides is 1. The van der Waals surface area contributed by atoms with Crippen LogP contribution >= 0.6 is 11.8 Å². The number of carbonyl (C=O) groups excluding carboxylic acids is 1. The van der Waals surface area contributed by atoms with Crippen LogP contribution in [-0.4, -0.2) is 38.0 Å². The van der Waals surface area contributed by atoms with E-state index < -0.39 is 0 Å². The van der Waals surface area contributed by atoms with E-state index in [1.54, 1.807) is 12.1 Å². The number of benzene rings is 3. The molecule has 1 heterocycles. The van der Waals surface area contributed by atoms with Gasteiger partial charge in [0.25, 0.3) is 0 Å². The highest BCUT2D eigenvalue weighted by Gasteiger charge is 2.24. The fourth-order valence-electron chi connectivity index (χ4n) is 4.20. The summed E-state index contributed by atoms with van der Waals surface area (Å²) >= 11 is 1.21. The number of nitrogens with zero attached hydrogens (tertiary/aromatic N) is 3. The first-order valence-electron chi connectivity index (χ1n) is 11.8. The monoisotopic (exact) mass is 539 g/mol. The molecule has 0 saturated heterocycles. The fraction of sp³-hybridized carbons (Fsp3) is 0.172. The van der Waals surface area contributed by atoms with Crippen molar-refractivity contribution in [2.45, 2.75) is 11.4 Å². The molecule has 0 saturated carbocycles. The standard InChI is InChI=1S/C29H25N5O4S/c1-36-23-13-18(14-24(37-2)27(23)38-3)26-20(15-30)28(32)34-29(21(26)16-31)39-12-11-25(35)33-22-10-6-8-17-7-4-5-9-19(17)22/h4-10,13-14H,11-12H2,1-3H3,(H2,32,34)(H,33,35). The van der Waals surface area contributed by atoms with Gasteiger partial charge in [0.1, 0.15) is 28.5 Å². The largest absolute Gasteiger partial charge is 0.493 e. The number of hydrogen-bond acceptors (Lipinski definition) is 9. The number of aromatic nitrogens is 1. The highest BCUT2D eigenvalue weighted by molar-refractivity contribution is 7.99. The molecule has 4 rings (SSSR count). The van der Waals surface area contributed by atoms with E-state index in [9.17, 15) is 15.3 Å².